The average molecular weight is 478 g/mol. The van der Waals surface area contributed by atoms with E-state index >= 15 is 0 Å². The maximum atomic E-state index is 12.7. The molecule has 2 aromatic carbocycles. The Morgan fingerprint density at radius 3 is 2.50 bits per heavy atom. The summed E-state index contributed by atoms with van der Waals surface area (Å²) < 4.78 is 10.8. The average Bonchev–Trinajstić information content (AvgIpc) is 3.54. The third-order valence-corrected chi connectivity index (χ3v) is 7.35. The second-order valence-corrected chi connectivity index (χ2v) is 9.40. The van der Waals surface area contributed by atoms with Crippen LogP contribution < -0.4 is 10.2 Å². The predicted octanol–water partition coefficient (Wildman–Crippen LogP) is 3.82. The van der Waals surface area contributed by atoms with Crippen molar-refractivity contribution in [3.8, 4) is 0 Å². The largest absolute Gasteiger partial charge is 0.467 e. The molecule has 2 fully saturated rings. The summed E-state index contributed by atoms with van der Waals surface area (Å²) in [5.41, 5.74) is 3.83. The second-order valence-electron chi connectivity index (χ2n) is 8.33. The molecule has 2 aliphatic heterocycles. The molecule has 34 heavy (non-hydrogen) atoms. The van der Waals surface area contributed by atoms with Gasteiger partial charge in [-0.05, 0) is 47.5 Å². The fourth-order valence-electron chi connectivity index (χ4n) is 4.20. The molecule has 3 heterocycles. The minimum absolute atomic E-state index is 0.0836. The number of hydrogen-bond donors (Lipinski definition) is 1. The number of anilines is 1. The van der Waals surface area contributed by atoms with Crippen LogP contribution in [0, 0.1) is 0 Å². The van der Waals surface area contributed by atoms with Crippen LogP contribution in [0.4, 0.5) is 5.69 Å². The van der Waals surface area contributed by atoms with E-state index in [2.05, 4.69) is 34.5 Å². The van der Waals surface area contributed by atoms with Crippen LogP contribution in [-0.4, -0.2) is 48.8 Å². The minimum atomic E-state index is -0.119. The van der Waals surface area contributed by atoms with Crippen molar-refractivity contribution in [3.05, 3.63) is 89.4 Å². The van der Waals surface area contributed by atoms with Crippen LogP contribution in [0.5, 0.6) is 0 Å². The third kappa shape index (κ3) is 5.13. The summed E-state index contributed by atoms with van der Waals surface area (Å²) in [7, 11) is 0. The topological polar surface area (TPSA) is 75.0 Å². The van der Waals surface area contributed by atoms with Gasteiger partial charge in [-0.15, -0.1) is 11.8 Å². The number of nitrogens with zero attached hydrogens (tertiary/aromatic N) is 2. The molecule has 8 heteroatoms. The van der Waals surface area contributed by atoms with E-state index in [1.54, 1.807) is 18.0 Å². The Labute approximate surface area is 203 Å². The van der Waals surface area contributed by atoms with Gasteiger partial charge in [0.05, 0.1) is 31.8 Å². The molecule has 5 rings (SSSR count). The van der Waals surface area contributed by atoms with Crippen molar-refractivity contribution in [3.63, 3.8) is 0 Å². The van der Waals surface area contributed by atoms with Crippen LogP contribution in [0.25, 0.3) is 0 Å². The van der Waals surface area contributed by atoms with E-state index < -0.39 is 0 Å². The summed E-state index contributed by atoms with van der Waals surface area (Å²) in [5, 5.41) is 2.91. The highest BCUT2D eigenvalue weighted by Gasteiger charge is 2.33. The number of rotatable bonds is 7. The highest BCUT2D eigenvalue weighted by Crippen LogP contribution is 2.39. The van der Waals surface area contributed by atoms with Crippen molar-refractivity contribution < 1.29 is 18.7 Å². The summed E-state index contributed by atoms with van der Waals surface area (Å²) in [6, 6.07) is 19.5. The van der Waals surface area contributed by atoms with Gasteiger partial charge in [-0.2, -0.15) is 0 Å². The summed E-state index contributed by atoms with van der Waals surface area (Å²) in [5.74, 6) is 1.17. The van der Waals surface area contributed by atoms with Crippen molar-refractivity contribution >= 4 is 29.3 Å². The zero-order valence-corrected chi connectivity index (χ0v) is 19.6. The number of thioether (sulfide) groups is 1. The lowest BCUT2D eigenvalue weighted by molar-refractivity contribution is -0.128. The minimum Gasteiger partial charge on any atom is -0.467 e. The smallest absolute Gasteiger partial charge is 0.251 e. The van der Waals surface area contributed by atoms with Crippen molar-refractivity contribution in [1.82, 2.24) is 10.2 Å². The first kappa shape index (κ1) is 22.6. The van der Waals surface area contributed by atoms with Crippen molar-refractivity contribution in [2.24, 2.45) is 0 Å². The lowest BCUT2D eigenvalue weighted by Gasteiger charge is -2.28. The van der Waals surface area contributed by atoms with Gasteiger partial charge in [0.1, 0.15) is 11.1 Å². The zero-order chi connectivity index (χ0) is 23.3. The van der Waals surface area contributed by atoms with E-state index in [1.165, 1.54) is 5.69 Å². The van der Waals surface area contributed by atoms with Gasteiger partial charge in [-0.1, -0.05) is 24.3 Å². The van der Waals surface area contributed by atoms with Gasteiger partial charge in [0.2, 0.25) is 5.91 Å². The molecule has 2 amide bonds. The van der Waals surface area contributed by atoms with Gasteiger partial charge in [0, 0.05) is 30.9 Å². The summed E-state index contributed by atoms with van der Waals surface area (Å²) in [6.45, 7) is 4.23. The molecular formula is C26H27N3O4S. The Morgan fingerprint density at radius 1 is 1.03 bits per heavy atom. The van der Waals surface area contributed by atoms with Crippen LogP contribution in [0.2, 0.25) is 0 Å². The van der Waals surface area contributed by atoms with E-state index in [0.717, 1.165) is 43.2 Å². The lowest BCUT2D eigenvalue weighted by Crippen LogP contribution is -2.36. The van der Waals surface area contributed by atoms with Gasteiger partial charge in [0.15, 0.2) is 0 Å². The number of nitrogens with one attached hydrogen (secondary N) is 1. The first-order valence-corrected chi connectivity index (χ1v) is 12.5. The van der Waals surface area contributed by atoms with E-state index in [-0.39, 0.29) is 17.2 Å². The van der Waals surface area contributed by atoms with Crippen LogP contribution >= 0.6 is 11.8 Å². The Bertz CT molecular complexity index is 1110. The van der Waals surface area contributed by atoms with Crippen LogP contribution in [0.1, 0.15) is 32.6 Å². The second kappa shape index (κ2) is 10.4. The van der Waals surface area contributed by atoms with E-state index in [1.807, 2.05) is 41.3 Å². The van der Waals surface area contributed by atoms with Crippen molar-refractivity contribution in [2.75, 3.05) is 37.0 Å². The van der Waals surface area contributed by atoms with Crippen molar-refractivity contribution in [2.45, 2.75) is 18.5 Å². The molecule has 0 aliphatic carbocycles. The molecule has 1 atom stereocenters. The van der Waals surface area contributed by atoms with Crippen molar-refractivity contribution in [1.29, 1.82) is 0 Å². The van der Waals surface area contributed by atoms with E-state index in [4.69, 9.17) is 9.15 Å². The Hall–Kier alpha value is -3.23. The maximum absolute atomic E-state index is 12.7. The normalized spacial score (nSPS) is 18.4. The quantitative estimate of drug-likeness (QED) is 0.558. The monoisotopic (exact) mass is 477 g/mol. The fourth-order valence-corrected chi connectivity index (χ4v) is 5.39. The number of carbonyl (C=O) groups excluding carboxylic acids is 2. The highest BCUT2D eigenvalue weighted by atomic mass is 32.2. The van der Waals surface area contributed by atoms with Crippen LogP contribution in [0.15, 0.2) is 71.3 Å². The number of furan rings is 1. The molecule has 1 N–H and O–H groups in total. The molecule has 0 unspecified atom stereocenters. The van der Waals surface area contributed by atoms with Crippen LogP contribution in [0.3, 0.4) is 0 Å². The molecule has 7 nitrogen and oxygen atoms in total. The molecule has 1 aromatic heterocycles. The van der Waals surface area contributed by atoms with Gasteiger partial charge < -0.3 is 24.3 Å². The van der Waals surface area contributed by atoms with Gasteiger partial charge in [-0.25, -0.2) is 0 Å². The first-order valence-electron chi connectivity index (χ1n) is 11.4. The van der Waals surface area contributed by atoms with Gasteiger partial charge in [-0.3, -0.25) is 9.59 Å². The summed E-state index contributed by atoms with van der Waals surface area (Å²) >= 11 is 1.59. The SMILES string of the molecule is O=C(NCc1ccc(N2CCOCC2)cc1)c1ccc([C@@H]2SCC(=O)N2Cc2ccco2)cc1. The predicted molar refractivity (Wildman–Crippen MR) is 132 cm³/mol. The molecule has 2 aliphatic rings. The zero-order valence-electron chi connectivity index (χ0n) is 18.8. The molecule has 0 bridgehead atoms. The molecule has 3 aromatic rings. The molecular weight excluding hydrogens is 450 g/mol. The summed E-state index contributed by atoms with van der Waals surface area (Å²) in [4.78, 5) is 29.2. The number of ether oxygens (including phenoxy) is 1. The maximum Gasteiger partial charge on any atom is 0.251 e. The van der Waals surface area contributed by atoms with Crippen LogP contribution in [-0.2, 0) is 22.6 Å². The lowest BCUT2D eigenvalue weighted by atomic mass is 10.1. The standard InChI is InChI=1S/C26H27N3O4S/c30-24-18-34-26(29(24)17-23-2-1-13-33-23)21-7-5-20(6-8-21)25(31)27-16-19-3-9-22(10-4-19)28-11-14-32-15-12-28/h1-10,13,26H,11-12,14-18H2,(H,27,31)/t26-/m0/s1. The Morgan fingerprint density at radius 2 is 1.79 bits per heavy atom. The first-order chi connectivity index (χ1) is 16.7. The summed E-state index contributed by atoms with van der Waals surface area (Å²) in [6.07, 6.45) is 1.62. The Kier molecular flexibility index (Phi) is 6.87. The number of hydrogen-bond acceptors (Lipinski definition) is 6. The van der Waals surface area contributed by atoms with Gasteiger partial charge in [0.25, 0.3) is 5.91 Å². The fraction of sp³-hybridized carbons (Fsp3) is 0.308. The number of amides is 2. The number of carbonyl (C=O) groups is 2. The third-order valence-electron chi connectivity index (χ3n) is 6.10. The molecule has 0 saturated carbocycles. The van der Waals surface area contributed by atoms with Gasteiger partial charge >= 0.3 is 0 Å². The molecule has 0 spiro atoms. The highest BCUT2D eigenvalue weighted by molar-refractivity contribution is 8.00. The molecule has 2 saturated heterocycles. The molecule has 176 valence electrons. The number of morpholine rings is 1. The Balaban J connectivity index is 1.17. The molecule has 0 radical (unpaired) electrons. The van der Waals surface area contributed by atoms with E-state index in [9.17, 15) is 9.59 Å². The van der Waals surface area contributed by atoms with E-state index in [0.29, 0.717) is 24.4 Å². The number of benzene rings is 2.